The number of halogens is 1. The Morgan fingerprint density at radius 2 is 1.66 bits per heavy atom. The highest BCUT2D eigenvalue weighted by Gasteiger charge is 2.30. The van der Waals surface area contributed by atoms with Crippen molar-refractivity contribution < 1.29 is 9.53 Å². The third kappa shape index (κ3) is 4.83. The van der Waals surface area contributed by atoms with Crippen LogP contribution in [0.4, 0.5) is 5.69 Å². The molecule has 0 radical (unpaired) electrons. The van der Waals surface area contributed by atoms with Gasteiger partial charge < -0.3 is 4.74 Å². The number of hydrogen-bond donors (Lipinski definition) is 0. The molecule has 32 heavy (non-hydrogen) atoms. The first kappa shape index (κ1) is 23.9. The average Bonchev–Trinajstić information content (AvgIpc) is 2.71. The molecule has 0 aliphatic rings. The number of carbonyl (C=O) groups is 1. The molecule has 0 aliphatic heterocycles. The molecule has 0 bridgehead atoms. The molecule has 0 saturated carbocycles. The molecule has 4 nitrogen and oxygen atoms in total. The Labute approximate surface area is 198 Å². The van der Waals surface area contributed by atoms with Gasteiger partial charge in [0.25, 0.3) is 0 Å². The van der Waals surface area contributed by atoms with Crippen LogP contribution >= 0.6 is 15.9 Å². The number of rotatable bonds is 5. The fraction of sp³-hybridized carbons (Fsp3) is 0.296. The van der Waals surface area contributed by atoms with Gasteiger partial charge in [-0.05, 0) is 58.8 Å². The molecule has 3 rings (SSSR count). The standard InChI is InChI=1S/C27H29BrN2O2/c1-16-13-17(2)24(18(3)14-16)29-15-20(31)22-21(19-11-9-8-10-12-19)23(27(4,5)6)26(32-7)30-25(22)28/h8-15H,1-7H3. The Morgan fingerprint density at radius 3 is 2.19 bits per heavy atom. The normalized spacial score (nSPS) is 11.8. The number of aryl methyl sites for hydroxylation is 3. The molecule has 1 aromatic heterocycles. The summed E-state index contributed by atoms with van der Waals surface area (Å²) in [4.78, 5) is 22.7. The number of pyridine rings is 1. The molecule has 5 heteroatoms. The van der Waals surface area contributed by atoms with Gasteiger partial charge in [-0.15, -0.1) is 0 Å². The summed E-state index contributed by atoms with van der Waals surface area (Å²) in [5, 5.41) is 0. The van der Waals surface area contributed by atoms with Gasteiger partial charge in [-0.3, -0.25) is 9.79 Å². The van der Waals surface area contributed by atoms with Crippen molar-refractivity contribution in [1.82, 2.24) is 4.98 Å². The van der Waals surface area contributed by atoms with Crippen LogP contribution in [0.1, 0.15) is 53.4 Å². The highest BCUT2D eigenvalue weighted by atomic mass is 79.9. The van der Waals surface area contributed by atoms with Crippen LogP contribution in [-0.2, 0) is 5.41 Å². The minimum Gasteiger partial charge on any atom is -0.481 e. The zero-order valence-corrected chi connectivity index (χ0v) is 21.3. The number of ether oxygens (including phenoxy) is 1. The second-order valence-electron chi connectivity index (χ2n) is 9.02. The van der Waals surface area contributed by atoms with Crippen LogP contribution in [0.25, 0.3) is 11.1 Å². The summed E-state index contributed by atoms with van der Waals surface area (Å²) >= 11 is 3.53. The topological polar surface area (TPSA) is 51.5 Å². The van der Waals surface area contributed by atoms with Gasteiger partial charge >= 0.3 is 0 Å². The summed E-state index contributed by atoms with van der Waals surface area (Å²) in [6, 6.07) is 14.0. The molecule has 0 amide bonds. The number of aromatic nitrogens is 1. The lowest BCUT2D eigenvalue weighted by molar-refractivity contribution is 0.107. The molecular weight excluding hydrogens is 464 g/mol. The van der Waals surface area contributed by atoms with Gasteiger partial charge in [0.1, 0.15) is 4.60 Å². The number of carbonyl (C=O) groups excluding carboxylic acids is 1. The van der Waals surface area contributed by atoms with Crippen molar-refractivity contribution in [2.24, 2.45) is 4.99 Å². The number of benzene rings is 2. The molecule has 0 spiro atoms. The van der Waals surface area contributed by atoms with Gasteiger partial charge in [0.15, 0.2) is 0 Å². The SMILES string of the molecule is COc1nc(Br)c(C(=O)C=Nc2c(C)cc(C)cc2C)c(-c2ccccc2)c1C(C)(C)C. The van der Waals surface area contributed by atoms with Gasteiger partial charge in [-0.25, -0.2) is 4.98 Å². The van der Waals surface area contributed by atoms with Gasteiger partial charge in [0.2, 0.25) is 11.7 Å². The molecule has 0 N–H and O–H groups in total. The van der Waals surface area contributed by atoms with E-state index in [1.165, 1.54) is 11.8 Å². The third-order valence-electron chi connectivity index (χ3n) is 5.32. The highest BCUT2D eigenvalue weighted by Crippen LogP contribution is 2.43. The smallest absolute Gasteiger partial charge is 0.218 e. The van der Waals surface area contributed by atoms with E-state index < -0.39 is 0 Å². The average molecular weight is 493 g/mol. The van der Waals surface area contributed by atoms with Crippen molar-refractivity contribution >= 4 is 33.6 Å². The van der Waals surface area contributed by atoms with E-state index in [2.05, 4.69) is 65.7 Å². The number of Topliss-reactive ketones (excluding diaryl/α,β-unsaturated/α-hetero) is 1. The molecule has 1 heterocycles. The summed E-state index contributed by atoms with van der Waals surface area (Å²) in [5.74, 6) is 0.290. The van der Waals surface area contributed by atoms with E-state index in [9.17, 15) is 4.79 Å². The van der Waals surface area contributed by atoms with E-state index in [0.29, 0.717) is 16.0 Å². The maximum atomic E-state index is 13.5. The van der Waals surface area contributed by atoms with Crippen molar-refractivity contribution in [2.75, 3.05) is 7.11 Å². The molecule has 0 fully saturated rings. The zero-order valence-electron chi connectivity index (χ0n) is 19.7. The summed E-state index contributed by atoms with van der Waals surface area (Å²) < 4.78 is 6.08. The van der Waals surface area contributed by atoms with E-state index in [1.54, 1.807) is 7.11 Å². The minimum absolute atomic E-state index is 0.212. The van der Waals surface area contributed by atoms with Gasteiger partial charge in [0.05, 0.1) is 24.6 Å². The summed E-state index contributed by atoms with van der Waals surface area (Å²) in [7, 11) is 1.60. The van der Waals surface area contributed by atoms with Crippen LogP contribution in [-0.4, -0.2) is 24.1 Å². The maximum Gasteiger partial charge on any atom is 0.218 e. The minimum atomic E-state index is -0.305. The fourth-order valence-corrected chi connectivity index (χ4v) is 4.62. The quantitative estimate of drug-likeness (QED) is 0.213. The largest absolute Gasteiger partial charge is 0.481 e. The lowest BCUT2D eigenvalue weighted by atomic mass is 9.80. The van der Waals surface area contributed by atoms with E-state index in [1.807, 2.05) is 44.2 Å². The first-order valence-electron chi connectivity index (χ1n) is 10.5. The molecular formula is C27H29BrN2O2. The van der Waals surface area contributed by atoms with Gasteiger partial charge in [-0.2, -0.15) is 0 Å². The molecule has 0 saturated heterocycles. The summed E-state index contributed by atoms with van der Waals surface area (Å²) in [5.41, 5.74) is 6.87. The van der Waals surface area contributed by atoms with Crippen LogP contribution in [0.5, 0.6) is 5.88 Å². The Hall–Kier alpha value is -2.79. The zero-order chi connectivity index (χ0) is 23.6. The lowest BCUT2D eigenvalue weighted by Crippen LogP contribution is -2.19. The second-order valence-corrected chi connectivity index (χ2v) is 9.77. The summed E-state index contributed by atoms with van der Waals surface area (Å²) in [6.45, 7) is 12.3. The fourth-order valence-electron chi connectivity index (χ4n) is 4.06. The Balaban J connectivity index is 2.25. The third-order valence-corrected chi connectivity index (χ3v) is 5.89. The number of hydrogen-bond acceptors (Lipinski definition) is 4. The molecule has 0 atom stereocenters. The molecule has 0 aliphatic carbocycles. The van der Waals surface area contributed by atoms with Gasteiger partial charge in [0, 0.05) is 11.1 Å². The Bertz CT molecular complexity index is 1170. The lowest BCUT2D eigenvalue weighted by Gasteiger charge is -2.27. The Morgan fingerprint density at radius 1 is 1.06 bits per heavy atom. The van der Waals surface area contributed by atoms with Crippen LogP contribution in [0, 0.1) is 20.8 Å². The number of nitrogens with zero attached hydrogens (tertiary/aromatic N) is 2. The number of ketones is 1. The van der Waals surface area contributed by atoms with Crippen molar-refractivity contribution in [3.05, 3.63) is 74.9 Å². The molecule has 0 unspecified atom stereocenters. The van der Waals surface area contributed by atoms with Crippen molar-refractivity contribution in [3.63, 3.8) is 0 Å². The van der Waals surface area contributed by atoms with Gasteiger partial charge in [-0.1, -0.05) is 68.8 Å². The Kier molecular flexibility index (Phi) is 6.99. The van der Waals surface area contributed by atoms with Crippen molar-refractivity contribution in [1.29, 1.82) is 0 Å². The monoisotopic (exact) mass is 492 g/mol. The van der Waals surface area contributed by atoms with E-state index >= 15 is 0 Å². The molecule has 2 aromatic carbocycles. The number of methoxy groups -OCH3 is 1. The highest BCUT2D eigenvalue weighted by molar-refractivity contribution is 9.10. The summed E-state index contributed by atoms with van der Waals surface area (Å²) in [6.07, 6.45) is 1.40. The predicted octanol–water partition coefficient (Wildman–Crippen LogP) is 7.33. The molecule has 3 aromatic rings. The van der Waals surface area contributed by atoms with Crippen LogP contribution in [0.15, 0.2) is 52.1 Å². The molecule has 166 valence electrons. The van der Waals surface area contributed by atoms with Crippen molar-refractivity contribution in [3.8, 4) is 17.0 Å². The second kappa shape index (κ2) is 9.37. The van der Waals surface area contributed by atoms with E-state index in [4.69, 9.17) is 4.74 Å². The maximum absolute atomic E-state index is 13.5. The number of aliphatic imine (C=N–C) groups is 1. The van der Waals surface area contributed by atoms with Crippen LogP contribution in [0.3, 0.4) is 0 Å². The van der Waals surface area contributed by atoms with E-state index in [0.717, 1.165) is 33.5 Å². The first-order chi connectivity index (χ1) is 15.0. The van der Waals surface area contributed by atoms with E-state index in [-0.39, 0.29) is 11.2 Å². The first-order valence-corrected chi connectivity index (χ1v) is 11.3. The van der Waals surface area contributed by atoms with Crippen molar-refractivity contribution in [2.45, 2.75) is 47.0 Å². The van der Waals surface area contributed by atoms with Crippen LogP contribution in [0.2, 0.25) is 0 Å². The predicted molar refractivity (Wildman–Crippen MR) is 136 cm³/mol. The van der Waals surface area contributed by atoms with Crippen LogP contribution < -0.4 is 4.74 Å².